The standard InChI is InChI=1S/C20H20Cl2N2O4/c1-11(18(25)23-13-6-8-16(27-4)14(22)10-13)24-15-9-12(21)5-7-17(15)28-20(2,3)19(24)26/h5-11H,1-4H3,(H,23,25). The Kier molecular flexibility index (Phi) is 5.46. The number of fused-ring (bicyclic) bond motifs is 1. The molecule has 0 aromatic heterocycles. The van der Waals surface area contributed by atoms with Crippen LogP contribution in [0, 0.1) is 0 Å². The van der Waals surface area contributed by atoms with Crippen LogP contribution in [0.15, 0.2) is 36.4 Å². The summed E-state index contributed by atoms with van der Waals surface area (Å²) in [4.78, 5) is 27.3. The number of halogens is 2. The molecule has 0 bridgehead atoms. The Morgan fingerprint density at radius 2 is 1.93 bits per heavy atom. The molecule has 1 aliphatic rings. The molecule has 2 aromatic rings. The van der Waals surface area contributed by atoms with E-state index in [1.54, 1.807) is 57.2 Å². The number of benzene rings is 2. The second kappa shape index (κ2) is 7.53. The summed E-state index contributed by atoms with van der Waals surface area (Å²) in [5.41, 5.74) is -0.167. The van der Waals surface area contributed by atoms with Crippen LogP contribution in [-0.4, -0.2) is 30.6 Å². The minimum atomic E-state index is -1.11. The van der Waals surface area contributed by atoms with E-state index in [-0.39, 0.29) is 11.8 Å². The van der Waals surface area contributed by atoms with E-state index in [9.17, 15) is 9.59 Å². The fourth-order valence-electron chi connectivity index (χ4n) is 2.98. The summed E-state index contributed by atoms with van der Waals surface area (Å²) >= 11 is 12.2. The number of amides is 2. The van der Waals surface area contributed by atoms with Gasteiger partial charge in [0.25, 0.3) is 5.91 Å². The molecule has 1 aliphatic heterocycles. The number of nitrogens with one attached hydrogen (secondary N) is 1. The number of rotatable bonds is 4. The summed E-state index contributed by atoms with van der Waals surface area (Å²) in [7, 11) is 1.51. The summed E-state index contributed by atoms with van der Waals surface area (Å²) in [6, 6.07) is 9.07. The van der Waals surface area contributed by atoms with Gasteiger partial charge in [-0.2, -0.15) is 0 Å². The maximum atomic E-state index is 13.0. The Bertz CT molecular complexity index is 946. The highest BCUT2D eigenvalue weighted by Crippen LogP contribution is 2.40. The van der Waals surface area contributed by atoms with E-state index < -0.39 is 11.6 Å². The zero-order valence-corrected chi connectivity index (χ0v) is 17.4. The van der Waals surface area contributed by atoms with E-state index >= 15 is 0 Å². The molecule has 28 heavy (non-hydrogen) atoms. The molecule has 0 radical (unpaired) electrons. The molecule has 1 atom stereocenters. The lowest BCUT2D eigenvalue weighted by Crippen LogP contribution is -2.57. The molecular weight excluding hydrogens is 403 g/mol. The van der Waals surface area contributed by atoms with Gasteiger partial charge >= 0.3 is 0 Å². The fourth-order valence-corrected chi connectivity index (χ4v) is 3.40. The maximum Gasteiger partial charge on any atom is 0.271 e. The number of nitrogens with zero attached hydrogens (tertiary/aromatic N) is 1. The van der Waals surface area contributed by atoms with Crippen molar-refractivity contribution >= 4 is 46.4 Å². The first kappa shape index (κ1) is 20.3. The molecule has 2 aromatic carbocycles. The number of anilines is 2. The van der Waals surface area contributed by atoms with E-state index in [0.717, 1.165) is 0 Å². The number of methoxy groups -OCH3 is 1. The monoisotopic (exact) mass is 422 g/mol. The van der Waals surface area contributed by atoms with Crippen LogP contribution < -0.4 is 19.7 Å². The van der Waals surface area contributed by atoms with Crippen molar-refractivity contribution in [3.8, 4) is 11.5 Å². The fraction of sp³-hybridized carbons (Fsp3) is 0.300. The topological polar surface area (TPSA) is 67.9 Å². The smallest absolute Gasteiger partial charge is 0.271 e. The van der Waals surface area contributed by atoms with Gasteiger partial charge in [0.1, 0.15) is 17.5 Å². The third-order valence-electron chi connectivity index (χ3n) is 4.47. The van der Waals surface area contributed by atoms with Crippen molar-refractivity contribution in [2.24, 2.45) is 0 Å². The first-order chi connectivity index (χ1) is 13.1. The number of hydrogen-bond acceptors (Lipinski definition) is 4. The molecule has 148 valence electrons. The molecule has 2 amide bonds. The Morgan fingerprint density at radius 3 is 2.57 bits per heavy atom. The largest absolute Gasteiger partial charge is 0.495 e. The highest BCUT2D eigenvalue weighted by atomic mass is 35.5. The Balaban J connectivity index is 1.91. The van der Waals surface area contributed by atoms with Crippen molar-refractivity contribution in [1.29, 1.82) is 0 Å². The van der Waals surface area contributed by atoms with Gasteiger partial charge in [-0.1, -0.05) is 23.2 Å². The van der Waals surface area contributed by atoms with Gasteiger partial charge in [-0.25, -0.2) is 0 Å². The summed E-state index contributed by atoms with van der Waals surface area (Å²) in [5, 5.41) is 3.59. The van der Waals surface area contributed by atoms with E-state index in [1.807, 2.05) is 0 Å². The zero-order chi connectivity index (χ0) is 20.6. The first-order valence-electron chi connectivity index (χ1n) is 8.60. The van der Waals surface area contributed by atoms with Gasteiger partial charge in [0, 0.05) is 10.7 Å². The minimum absolute atomic E-state index is 0.335. The van der Waals surface area contributed by atoms with Crippen LogP contribution in [0.5, 0.6) is 11.5 Å². The Morgan fingerprint density at radius 1 is 1.21 bits per heavy atom. The van der Waals surface area contributed by atoms with Crippen LogP contribution in [0.3, 0.4) is 0 Å². The number of carbonyl (C=O) groups excluding carboxylic acids is 2. The molecule has 1 unspecified atom stereocenters. The number of hydrogen-bond donors (Lipinski definition) is 1. The van der Waals surface area contributed by atoms with E-state index in [4.69, 9.17) is 32.7 Å². The summed E-state index contributed by atoms with van der Waals surface area (Å²) in [5.74, 6) is 0.276. The summed E-state index contributed by atoms with van der Waals surface area (Å²) in [6.07, 6.45) is 0. The molecule has 0 saturated carbocycles. The van der Waals surface area contributed by atoms with Gasteiger partial charge in [0.15, 0.2) is 5.60 Å². The molecule has 0 fully saturated rings. The van der Waals surface area contributed by atoms with Gasteiger partial charge < -0.3 is 14.8 Å². The van der Waals surface area contributed by atoms with Crippen molar-refractivity contribution in [2.45, 2.75) is 32.4 Å². The third-order valence-corrected chi connectivity index (χ3v) is 5.00. The maximum absolute atomic E-state index is 13.0. The van der Waals surface area contributed by atoms with Crippen LogP contribution in [-0.2, 0) is 9.59 Å². The minimum Gasteiger partial charge on any atom is -0.495 e. The number of carbonyl (C=O) groups is 2. The third kappa shape index (κ3) is 3.75. The van der Waals surface area contributed by atoms with Crippen molar-refractivity contribution in [1.82, 2.24) is 0 Å². The van der Waals surface area contributed by atoms with Crippen molar-refractivity contribution in [3.63, 3.8) is 0 Å². The van der Waals surface area contributed by atoms with Crippen LogP contribution >= 0.6 is 23.2 Å². The van der Waals surface area contributed by atoms with Crippen molar-refractivity contribution in [3.05, 3.63) is 46.4 Å². The van der Waals surface area contributed by atoms with Crippen molar-refractivity contribution in [2.75, 3.05) is 17.3 Å². The van der Waals surface area contributed by atoms with Gasteiger partial charge in [0.2, 0.25) is 5.91 Å². The van der Waals surface area contributed by atoms with Gasteiger partial charge in [-0.05, 0) is 57.2 Å². The van der Waals surface area contributed by atoms with Gasteiger partial charge in [0.05, 0.1) is 17.8 Å². The van der Waals surface area contributed by atoms with Crippen molar-refractivity contribution < 1.29 is 19.1 Å². The summed E-state index contributed by atoms with van der Waals surface area (Å²) in [6.45, 7) is 4.96. The highest BCUT2D eigenvalue weighted by molar-refractivity contribution is 6.32. The predicted octanol–water partition coefficient (Wildman–Crippen LogP) is 4.53. The second-order valence-corrected chi connectivity index (χ2v) is 7.76. The molecular formula is C20H20Cl2N2O4. The average Bonchev–Trinajstić information content (AvgIpc) is 2.63. The lowest BCUT2D eigenvalue weighted by Gasteiger charge is -2.41. The number of ether oxygens (including phenoxy) is 2. The molecule has 0 saturated heterocycles. The molecule has 3 rings (SSSR count). The average molecular weight is 423 g/mol. The van der Waals surface area contributed by atoms with Gasteiger partial charge in [-0.3, -0.25) is 14.5 Å². The molecule has 8 heteroatoms. The van der Waals surface area contributed by atoms with Crippen LogP contribution in [0.4, 0.5) is 11.4 Å². The van der Waals surface area contributed by atoms with Crippen LogP contribution in [0.1, 0.15) is 20.8 Å². The van der Waals surface area contributed by atoms with Gasteiger partial charge in [-0.15, -0.1) is 0 Å². The van der Waals surface area contributed by atoms with E-state index in [1.165, 1.54) is 12.0 Å². The van der Waals surface area contributed by atoms with E-state index in [0.29, 0.717) is 32.9 Å². The molecule has 1 N–H and O–H groups in total. The molecule has 6 nitrogen and oxygen atoms in total. The lowest BCUT2D eigenvalue weighted by molar-refractivity contribution is -0.134. The Hall–Kier alpha value is -2.44. The normalized spacial score (nSPS) is 16.1. The molecule has 0 aliphatic carbocycles. The first-order valence-corrected chi connectivity index (χ1v) is 9.36. The predicted molar refractivity (Wildman–Crippen MR) is 110 cm³/mol. The zero-order valence-electron chi connectivity index (χ0n) is 15.9. The molecule has 0 spiro atoms. The Labute approximate surface area is 173 Å². The second-order valence-electron chi connectivity index (χ2n) is 6.91. The summed E-state index contributed by atoms with van der Waals surface area (Å²) < 4.78 is 10.9. The van der Waals surface area contributed by atoms with Crippen LogP contribution in [0.2, 0.25) is 10.0 Å². The molecule has 1 heterocycles. The van der Waals surface area contributed by atoms with Crippen LogP contribution in [0.25, 0.3) is 0 Å². The quantitative estimate of drug-likeness (QED) is 0.785. The van der Waals surface area contributed by atoms with E-state index in [2.05, 4.69) is 5.32 Å². The lowest BCUT2D eigenvalue weighted by atomic mass is 10.0. The highest BCUT2D eigenvalue weighted by Gasteiger charge is 2.44. The SMILES string of the molecule is COc1ccc(NC(=O)C(C)N2C(=O)C(C)(C)Oc3ccc(Cl)cc32)cc1Cl.